The van der Waals surface area contributed by atoms with Gasteiger partial charge in [-0.1, -0.05) is 44.2 Å². The molecule has 0 fully saturated rings. The fourth-order valence-electron chi connectivity index (χ4n) is 3.74. The molecule has 0 spiro atoms. The van der Waals surface area contributed by atoms with Gasteiger partial charge in [0.05, 0.1) is 11.3 Å². The van der Waals surface area contributed by atoms with Gasteiger partial charge in [0.15, 0.2) is 5.78 Å². The van der Waals surface area contributed by atoms with Crippen LogP contribution in [-0.4, -0.2) is 18.4 Å². The summed E-state index contributed by atoms with van der Waals surface area (Å²) < 4.78 is 5.23. The van der Waals surface area contributed by atoms with Crippen LogP contribution in [0.4, 0.5) is 0 Å². The van der Waals surface area contributed by atoms with Crippen LogP contribution in [0.1, 0.15) is 38.2 Å². The number of esters is 1. The molecule has 1 aromatic rings. The van der Waals surface area contributed by atoms with Crippen molar-refractivity contribution in [1.29, 1.82) is 0 Å². The Morgan fingerprint density at radius 3 is 2.57 bits per heavy atom. The summed E-state index contributed by atoms with van der Waals surface area (Å²) in [7, 11) is 0. The molecule has 0 saturated carbocycles. The molecule has 2 heterocycles. The highest BCUT2D eigenvalue weighted by Crippen LogP contribution is 2.47. The second kappa shape index (κ2) is 4.82. The zero-order valence-corrected chi connectivity index (χ0v) is 13.3. The van der Waals surface area contributed by atoms with E-state index in [0.717, 1.165) is 35.4 Å². The van der Waals surface area contributed by atoms with Crippen LogP contribution in [0.5, 0.6) is 0 Å². The van der Waals surface area contributed by atoms with Crippen molar-refractivity contribution in [2.24, 2.45) is 5.41 Å². The molecule has 0 amide bonds. The number of benzene rings is 1. The molecule has 4 rings (SSSR count). The molecule has 1 atom stereocenters. The van der Waals surface area contributed by atoms with E-state index >= 15 is 0 Å². The lowest BCUT2D eigenvalue weighted by atomic mass is 9.67. The Hall–Kier alpha value is -2.36. The maximum absolute atomic E-state index is 13.1. The van der Waals surface area contributed by atoms with Crippen LogP contribution in [-0.2, 0) is 14.3 Å². The average molecular weight is 309 g/mol. The van der Waals surface area contributed by atoms with Gasteiger partial charge in [-0.25, -0.2) is 4.79 Å². The Morgan fingerprint density at radius 1 is 1.09 bits per heavy atom. The van der Waals surface area contributed by atoms with E-state index in [1.54, 1.807) is 0 Å². The summed E-state index contributed by atoms with van der Waals surface area (Å²) in [4.78, 5) is 25.4. The number of dihydropyridines is 1. The molecule has 1 aliphatic carbocycles. The van der Waals surface area contributed by atoms with Crippen LogP contribution >= 0.6 is 0 Å². The van der Waals surface area contributed by atoms with E-state index < -0.39 is 5.41 Å². The maximum Gasteiger partial charge on any atom is 0.337 e. The third kappa shape index (κ3) is 2.05. The Balaban J connectivity index is 1.91. The monoisotopic (exact) mass is 309 g/mol. The SMILES string of the molecule is CC1(C)CCC2=C(C1=O)C(c1ccccc1)C1=C(COC1=O)N2. The lowest BCUT2D eigenvalue weighted by Crippen LogP contribution is -2.39. The number of carbonyl (C=O) groups is 2. The topological polar surface area (TPSA) is 55.4 Å². The van der Waals surface area contributed by atoms with Crippen LogP contribution in [0.3, 0.4) is 0 Å². The molecule has 2 aliphatic heterocycles. The molecule has 4 nitrogen and oxygen atoms in total. The van der Waals surface area contributed by atoms with Gasteiger partial charge in [0.25, 0.3) is 0 Å². The van der Waals surface area contributed by atoms with Gasteiger partial charge < -0.3 is 10.1 Å². The zero-order chi connectivity index (χ0) is 16.2. The summed E-state index contributed by atoms with van der Waals surface area (Å²) in [5.74, 6) is -0.500. The molecule has 23 heavy (non-hydrogen) atoms. The summed E-state index contributed by atoms with van der Waals surface area (Å²) in [6, 6.07) is 9.78. The number of nitrogens with one attached hydrogen (secondary N) is 1. The number of rotatable bonds is 1. The van der Waals surface area contributed by atoms with Gasteiger partial charge in [0.1, 0.15) is 6.61 Å². The van der Waals surface area contributed by atoms with E-state index in [-0.39, 0.29) is 24.3 Å². The molecule has 1 N–H and O–H groups in total. The van der Waals surface area contributed by atoms with E-state index in [2.05, 4.69) is 5.32 Å². The first-order valence-electron chi connectivity index (χ1n) is 7.99. The van der Waals surface area contributed by atoms with Crippen molar-refractivity contribution < 1.29 is 14.3 Å². The molecule has 3 aliphatic rings. The standard InChI is InChI=1S/C19H19NO3/c1-19(2)9-8-12-15(17(19)21)14(11-6-4-3-5-7-11)16-13(20-12)10-23-18(16)22/h3-7,14,20H,8-10H2,1-2H3. The predicted molar refractivity (Wildman–Crippen MR) is 85.4 cm³/mol. The van der Waals surface area contributed by atoms with Crippen molar-refractivity contribution in [3.63, 3.8) is 0 Å². The summed E-state index contributed by atoms with van der Waals surface area (Å²) in [6.45, 7) is 4.24. The van der Waals surface area contributed by atoms with Crippen molar-refractivity contribution in [3.05, 3.63) is 58.4 Å². The van der Waals surface area contributed by atoms with Gasteiger partial charge in [0.2, 0.25) is 0 Å². The summed E-state index contributed by atoms with van der Waals surface area (Å²) in [5, 5.41) is 3.31. The summed E-state index contributed by atoms with van der Waals surface area (Å²) in [6.07, 6.45) is 1.64. The highest BCUT2D eigenvalue weighted by molar-refractivity contribution is 6.06. The molecule has 0 bridgehead atoms. The van der Waals surface area contributed by atoms with Crippen LogP contribution in [0.25, 0.3) is 0 Å². The maximum atomic E-state index is 13.1. The molecular formula is C19H19NO3. The quantitative estimate of drug-likeness (QED) is 0.811. The molecule has 4 heteroatoms. The smallest absolute Gasteiger partial charge is 0.337 e. The van der Waals surface area contributed by atoms with E-state index in [9.17, 15) is 9.59 Å². The first-order chi connectivity index (χ1) is 11.0. The fourth-order valence-corrected chi connectivity index (χ4v) is 3.74. The van der Waals surface area contributed by atoms with Crippen molar-refractivity contribution in [2.75, 3.05) is 6.61 Å². The van der Waals surface area contributed by atoms with Crippen LogP contribution < -0.4 is 5.32 Å². The minimum absolute atomic E-state index is 0.131. The Morgan fingerprint density at radius 2 is 1.83 bits per heavy atom. The molecular weight excluding hydrogens is 290 g/mol. The average Bonchev–Trinajstić information content (AvgIpc) is 2.91. The lowest BCUT2D eigenvalue weighted by molar-refractivity contribution is -0.136. The van der Waals surface area contributed by atoms with Gasteiger partial charge in [0, 0.05) is 22.6 Å². The van der Waals surface area contributed by atoms with Crippen molar-refractivity contribution in [3.8, 4) is 0 Å². The van der Waals surface area contributed by atoms with Crippen molar-refractivity contribution in [2.45, 2.75) is 32.6 Å². The number of allylic oxidation sites excluding steroid dienone is 2. The second-order valence-corrected chi connectivity index (χ2v) is 7.04. The van der Waals surface area contributed by atoms with Gasteiger partial charge in [-0.15, -0.1) is 0 Å². The first kappa shape index (κ1) is 14.2. The van der Waals surface area contributed by atoms with Gasteiger partial charge in [-0.3, -0.25) is 4.79 Å². The Kier molecular flexibility index (Phi) is 2.98. The third-order valence-corrected chi connectivity index (χ3v) is 5.09. The number of cyclic esters (lactones) is 1. The number of ether oxygens (including phenoxy) is 1. The number of ketones is 1. The fraction of sp³-hybridized carbons (Fsp3) is 0.368. The van der Waals surface area contributed by atoms with E-state index in [1.165, 1.54) is 0 Å². The lowest BCUT2D eigenvalue weighted by Gasteiger charge is -2.38. The molecule has 0 radical (unpaired) electrons. The van der Waals surface area contributed by atoms with Crippen LogP contribution in [0.2, 0.25) is 0 Å². The van der Waals surface area contributed by atoms with Gasteiger partial charge in [-0.2, -0.15) is 0 Å². The van der Waals surface area contributed by atoms with Crippen LogP contribution in [0, 0.1) is 5.41 Å². The Bertz CT molecular complexity index is 771. The van der Waals surface area contributed by atoms with E-state index in [1.807, 2.05) is 44.2 Å². The normalized spacial score (nSPS) is 25.7. The summed E-state index contributed by atoms with van der Waals surface area (Å²) in [5.41, 5.74) is 3.69. The minimum atomic E-state index is -0.395. The number of Topliss-reactive ketones (excluding diaryl/α,β-unsaturated/α-hetero) is 1. The molecule has 1 unspecified atom stereocenters. The van der Waals surface area contributed by atoms with Crippen molar-refractivity contribution >= 4 is 11.8 Å². The van der Waals surface area contributed by atoms with Gasteiger partial charge in [-0.05, 0) is 18.4 Å². The second-order valence-electron chi connectivity index (χ2n) is 7.04. The molecule has 118 valence electrons. The highest BCUT2D eigenvalue weighted by atomic mass is 16.5. The number of carbonyl (C=O) groups excluding carboxylic acids is 2. The third-order valence-electron chi connectivity index (χ3n) is 5.09. The zero-order valence-electron chi connectivity index (χ0n) is 13.3. The van der Waals surface area contributed by atoms with E-state index in [4.69, 9.17) is 4.74 Å². The Labute approximate surface area is 135 Å². The predicted octanol–water partition coefficient (Wildman–Crippen LogP) is 2.83. The highest BCUT2D eigenvalue weighted by Gasteiger charge is 2.47. The molecule has 0 aromatic heterocycles. The number of hydrogen-bond donors (Lipinski definition) is 1. The summed E-state index contributed by atoms with van der Waals surface area (Å²) >= 11 is 0. The van der Waals surface area contributed by atoms with Gasteiger partial charge >= 0.3 is 5.97 Å². The molecule has 1 aromatic carbocycles. The first-order valence-corrected chi connectivity index (χ1v) is 7.99. The van der Waals surface area contributed by atoms with Crippen LogP contribution in [0.15, 0.2) is 52.9 Å². The largest absolute Gasteiger partial charge is 0.456 e. The van der Waals surface area contributed by atoms with E-state index in [0.29, 0.717) is 5.57 Å². The minimum Gasteiger partial charge on any atom is -0.456 e. The van der Waals surface area contributed by atoms with Crippen molar-refractivity contribution in [1.82, 2.24) is 5.32 Å². The molecule has 0 saturated heterocycles. The number of hydrogen-bond acceptors (Lipinski definition) is 4.